The van der Waals surface area contributed by atoms with Crippen LogP contribution in [-0.2, 0) is 15.6 Å². The number of nitrogens with zero attached hydrogens (tertiary/aromatic N) is 1. The van der Waals surface area contributed by atoms with Gasteiger partial charge in [0.2, 0.25) is 0 Å². The van der Waals surface area contributed by atoms with Crippen LogP contribution in [0.15, 0.2) is 93.6 Å². The maximum absolute atomic E-state index is 13.4. The van der Waals surface area contributed by atoms with Gasteiger partial charge in [0.25, 0.3) is 0 Å². The molecule has 170 valence electrons. The van der Waals surface area contributed by atoms with Gasteiger partial charge in [-0.25, -0.2) is 13.4 Å². The first-order valence-corrected chi connectivity index (χ1v) is 14.0. The Labute approximate surface area is 215 Å². The summed E-state index contributed by atoms with van der Waals surface area (Å²) in [7, 11) is -3.70. The summed E-state index contributed by atoms with van der Waals surface area (Å²) in [4.78, 5) is 5.41. The van der Waals surface area contributed by atoms with Gasteiger partial charge in [-0.3, -0.25) is 0 Å². The van der Waals surface area contributed by atoms with E-state index in [1.165, 1.54) is 0 Å². The summed E-state index contributed by atoms with van der Waals surface area (Å²) in [5, 5.41) is 1.21. The average molecular weight is 570 g/mol. The van der Waals surface area contributed by atoms with Crippen LogP contribution in [0.3, 0.4) is 0 Å². The van der Waals surface area contributed by atoms with Gasteiger partial charge in [-0.05, 0) is 47.0 Å². The standard InChI is InChI=1S/C26H18BrClN2O2S2/c27-19-10-8-18(9-11-19)22-14-21(17-4-2-1-3-5-17)23-24(29)26(33-25(23)30-22)34(31,32)15-16-6-12-20(28)13-7-16/h1-14H,15,29H2. The van der Waals surface area contributed by atoms with E-state index in [9.17, 15) is 8.42 Å². The number of anilines is 1. The zero-order chi connectivity index (χ0) is 23.9. The topological polar surface area (TPSA) is 73.1 Å². The first-order valence-electron chi connectivity index (χ1n) is 10.3. The molecule has 2 N–H and O–H groups in total. The fraction of sp³-hybridized carbons (Fsp3) is 0.0385. The second-order valence-corrected chi connectivity index (χ2v) is 12.3. The van der Waals surface area contributed by atoms with Gasteiger partial charge >= 0.3 is 0 Å². The minimum absolute atomic E-state index is 0.134. The fourth-order valence-electron chi connectivity index (χ4n) is 3.81. The van der Waals surface area contributed by atoms with Crippen LogP contribution in [0.25, 0.3) is 32.6 Å². The maximum atomic E-state index is 13.4. The van der Waals surface area contributed by atoms with E-state index in [2.05, 4.69) is 15.9 Å². The molecular formula is C26H18BrClN2O2S2. The fourth-order valence-corrected chi connectivity index (χ4v) is 7.18. The van der Waals surface area contributed by atoms with Crippen LogP contribution in [0, 0.1) is 0 Å². The van der Waals surface area contributed by atoms with E-state index in [1.807, 2.05) is 60.7 Å². The molecule has 2 aromatic heterocycles. The number of aromatic nitrogens is 1. The van der Waals surface area contributed by atoms with Crippen LogP contribution in [0.5, 0.6) is 0 Å². The third-order valence-electron chi connectivity index (χ3n) is 5.44. The monoisotopic (exact) mass is 568 g/mol. The molecule has 0 atom stereocenters. The van der Waals surface area contributed by atoms with Crippen LogP contribution in [0.1, 0.15) is 5.56 Å². The van der Waals surface area contributed by atoms with Crippen LogP contribution in [0.2, 0.25) is 5.02 Å². The van der Waals surface area contributed by atoms with Crippen molar-refractivity contribution in [2.24, 2.45) is 0 Å². The van der Waals surface area contributed by atoms with Gasteiger partial charge in [-0.1, -0.05) is 82.1 Å². The summed E-state index contributed by atoms with van der Waals surface area (Å²) in [5.41, 5.74) is 10.9. The number of thiophene rings is 1. The van der Waals surface area contributed by atoms with Gasteiger partial charge in [-0.15, -0.1) is 11.3 Å². The van der Waals surface area contributed by atoms with Gasteiger partial charge < -0.3 is 5.73 Å². The van der Waals surface area contributed by atoms with E-state index in [0.29, 0.717) is 20.8 Å². The van der Waals surface area contributed by atoms with E-state index in [0.717, 1.165) is 38.2 Å². The summed E-state index contributed by atoms with van der Waals surface area (Å²) in [6.45, 7) is 0. The van der Waals surface area contributed by atoms with Gasteiger partial charge in [0.15, 0.2) is 9.84 Å². The molecule has 3 aromatic carbocycles. The van der Waals surface area contributed by atoms with E-state index < -0.39 is 9.84 Å². The molecule has 4 nitrogen and oxygen atoms in total. The summed E-state index contributed by atoms with van der Waals surface area (Å²) in [6.07, 6.45) is 0. The highest BCUT2D eigenvalue weighted by Crippen LogP contribution is 2.44. The lowest BCUT2D eigenvalue weighted by atomic mass is 10.00. The Hall–Kier alpha value is -2.71. The Kier molecular flexibility index (Phi) is 6.20. The Morgan fingerprint density at radius 3 is 2.26 bits per heavy atom. The zero-order valence-corrected chi connectivity index (χ0v) is 21.7. The van der Waals surface area contributed by atoms with Crippen molar-refractivity contribution in [3.8, 4) is 22.4 Å². The van der Waals surface area contributed by atoms with Gasteiger partial charge in [0.1, 0.15) is 9.04 Å². The molecular weight excluding hydrogens is 552 g/mol. The zero-order valence-electron chi connectivity index (χ0n) is 17.7. The molecule has 0 aliphatic rings. The summed E-state index contributed by atoms with van der Waals surface area (Å²) in [5.74, 6) is -0.165. The van der Waals surface area contributed by atoms with Crippen LogP contribution in [0.4, 0.5) is 5.69 Å². The number of hydrogen-bond donors (Lipinski definition) is 1. The number of hydrogen-bond acceptors (Lipinski definition) is 5. The normalized spacial score (nSPS) is 11.7. The molecule has 5 rings (SSSR count). The van der Waals surface area contributed by atoms with Crippen LogP contribution >= 0.6 is 38.9 Å². The molecule has 0 spiro atoms. The molecule has 0 saturated heterocycles. The smallest absolute Gasteiger partial charge is 0.194 e. The number of nitrogens with two attached hydrogens (primary N) is 1. The number of nitrogen functional groups attached to an aromatic ring is 1. The molecule has 0 aliphatic carbocycles. The summed E-state index contributed by atoms with van der Waals surface area (Å²) >= 11 is 10.5. The number of fused-ring (bicyclic) bond motifs is 1. The van der Waals surface area contributed by atoms with Crippen molar-refractivity contribution in [1.82, 2.24) is 4.98 Å². The summed E-state index contributed by atoms with van der Waals surface area (Å²) in [6, 6.07) is 26.4. The van der Waals surface area contributed by atoms with Crippen molar-refractivity contribution in [2.45, 2.75) is 9.96 Å². The predicted molar refractivity (Wildman–Crippen MR) is 145 cm³/mol. The lowest BCUT2D eigenvalue weighted by molar-refractivity contribution is 0.597. The predicted octanol–water partition coefficient (Wildman–Crippen LogP) is 7.60. The lowest BCUT2D eigenvalue weighted by Crippen LogP contribution is -2.05. The molecule has 0 saturated carbocycles. The van der Waals surface area contributed by atoms with E-state index in [1.54, 1.807) is 24.3 Å². The van der Waals surface area contributed by atoms with Gasteiger partial charge in [0, 0.05) is 20.4 Å². The van der Waals surface area contributed by atoms with Crippen molar-refractivity contribution in [1.29, 1.82) is 0 Å². The van der Waals surface area contributed by atoms with Gasteiger partial charge in [0.05, 0.1) is 17.1 Å². The molecule has 0 unspecified atom stereocenters. The maximum Gasteiger partial charge on any atom is 0.194 e. The highest BCUT2D eigenvalue weighted by Gasteiger charge is 2.26. The van der Waals surface area contributed by atoms with Crippen molar-refractivity contribution in [3.05, 3.63) is 100.0 Å². The summed E-state index contributed by atoms with van der Waals surface area (Å²) < 4.78 is 27.9. The Bertz CT molecular complexity index is 1600. The SMILES string of the molecule is Nc1c(S(=O)(=O)Cc2ccc(Cl)cc2)sc2nc(-c3ccc(Br)cc3)cc(-c3ccccc3)c12. The molecule has 0 fully saturated rings. The number of rotatable bonds is 5. The Balaban J connectivity index is 1.70. The molecule has 0 bridgehead atoms. The number of pyridine rings is 1. The first kappa shape index (κ1) is 23.1. The first-order chi connectivity index (χ1) is 16.3. The van der Waals surface area contributed by atoms with Crippen molar-refractivity contribution in [2.75, 3.05) is 5.73 Å². The second-order valence-electron chi connectivity index (χ2n) is 7.80. The van der Waals surface area contributed by atoms with Crippen LogP contribution < -0.4 is 5.73 Å². The van der Waals surface area contributed by atoms with Gasteiger partial charge in [-0.2, -0.15) is 0 Å². The molecule has 0 radical (unpaired) electrons. The molecule has 0 aliphatic heterocycles. The molecule has 2 heterocycles. The number of sulfone groups is 1. The Morgan fingerprint density at radius 1 is 0.912 bits per heavy atom. The van der Waals surface area contributed by atoms with Crippen LogP contribution in [-0.4, -0.2) is 13.4 Å². The van der Waals surface area contributed by atoms with Crippen molar-refractivity contribution < 1.29 is 8.42 Å². The molecule has 34 heavy (non-hydrogen) atoms. The van der Waals surface area contributed by atoms with E-state index in [4.69, 9.17) is 22.3 Å². The van der Waals surface area contributed by atoms with E-state index in [-0.39, 0.29) is 15.6 Å². The largest absolute Gasteiger partial charge is 0.396 e. The van der Waals surface area contributed by atoms with E-state index >= 15 is 0 Å². The quantitative estimate of drug-likeness (QED) is 0.236. The Morgan fingerprint density at radius 2 is 1.59 bits per heavy atom. The molecule has 5 aromatic rings. The minimum atomic E-state index is -3.70. The minimum Gasteiger partial charge on any atom is -0.396 e. The van der Waals surface area contributed by atoms with Crippen molar-refractivity contribution >= 4 is 64.6 Å². The number of benzene rings is 3. The number of halogens is 2. The highest BCUT2D eigenvalue weighted by atomic mass is 79.9. The molecule has 0 amide bonds. The lowest BCUT2D eigenvalue weighted by Gasteiger charge is -2.09. The second kappa shape index (κ2) is 9.15. The molecule has 8 heteroatoms. The third kappa shape index (κ3) is 4.49. The van der Waals surface area contributed by atoms with Crippen molar-refractivity contribution in [3.63, 3.8) is 0 Å². The average Bonchev–Trinajstić information content (AvgIpc) is 3.18. The highest BCUT2D eigenvalue weighted by molar-refractivity contribution is 9.10. The third-order valence-corrected chi connectivity index (χ3v) is 9.63.